The SMILES string of the molecule is COc1ccc2[nH]c3c(c2c1)CN(C(=O)c1cccnc1Cl)CC3. The molecule has 1 aliphatic heterocycles. The standard InChI is InChI=1S/C18H16ClN3O2/c1-24-11-4-5-15-13(9-11)14-10-22(8-6-16(14)21-15)18(23)12-3-2-7-20-17(12)19/h2-5,7,9,21H,6,8,10H2,1H3. The van der Waals surface area contributed by atoms with Crippen molar-refractivity contribution < 1.29 is 9.53 Å². The normalized spacial score (nSPS) is 13.8. The number of pyridine rings is 1. The zero-order valence-corrected chi connectivity index (χ0v) is 13.9. The minimum Gasteiger partial charge on any atom is -0.497 e. The van der Waals surface area contributed by atoms with Crippen molar-refractivity contribution in [2.45, 2.75) is 13.0 Å². The molecular weight excluding hydrogens is 326 g/mol. The summed E-state index contributed by atoms with van der Waals surface area (Å²) in [6.07, 6.45) is 2.37. The molecule has 122 valence electrons. The molecule has 0 spiro atoms. The molecular formula is C18H16ClN3O2. The van der Waals surface area contributed by atoms with E-state index in [1.807, 2.05) is 23.1 Å². The number of halogens is 1. The number of fused-ring (bicyclic) bond motifs is 3. The van der Waals surface area contributed by atoms with Gasteiger partial charge in [0.2, 0.25) is 0 Å². The van der Waals surface area contributed by atoms with Crippen molar-refractivity contribution in [2.24, 2.45) is 0 Å². The fourth-order valence-electron chi connectivity index (χ4n) is 3.21. The first-order valence-electron chi connectivity index (χ1n) is 7.74. The van der Waals surface area contributed by atoms with Crippen LogP contribution >= 0.6 is 11.6 Å². The van der Waals surface area contributed by atoms with Crippen LogP contribution in [0.1, 0.15) is 21.6 Å². The van der Waals surface area contributed by atoms with Gasteiger partial charge in [-0.1, -0.05) is 11.6 Å². The molecule has 4 rings (SSSR count). The molecule has 0 bridgehead atoms. The fourth-order valence-corrected chi connectivity index (χ4v) is 3.41. The maximum absolute atomic E-state index is 12.8. The smallest absolute Gasteiger partial charge is 0.257 e. The van der Waals surface area contributed by atoms with Crippen LogP contribution in [0.3, 0.4) is 0 Å². The minimum atomic E-state index is -0.0870. The highest BCUT2D eigenvalue weighted by Crippen LogP contribution is 2.31. The number of carbonyl (C=O) groups excluding carboxylic acids is 1. The van der Waals surface area contributed by atoms with Gasteiger partial charge >= 0.3 is 0 Å². The molecule has 0 fully saturated rings. The average Bonchev–Trinajstić information content (AvgIpc) is 2.98. The molecule has 0 atom stereocenters. The van der Waals surface area contributed by atoms with E-state index in [0.29, 0.717) is 18.7 Å². The Morgan fingerprint density at radius 2 is 2.25 bits per heavy atom. The van der Waals surface area contributed by atoms with Crippen LogP contribution in [0.5, 0.6) is 5.75 Å². The first-order chi connectivity index (χ1) is 11.7. The molecule has 1 aromatic carbocycles. The molecule has 1 aliphatic rings. The van der Waals surface area contributed by atoms with E-state index in [0.717, 1.165) is 28.6 Å². The Balaban J connectivity index is 1.70. The second-order valence-corrected chi connectivity index (χ2v) is 6.17. The third-order valence-corrected chi connectivity index (χ3v) is 4.76. The fraction of sp³-hybridized carbons (Fsp3) is 0.222. The monoisotopic (exact) mass is 341 g/mol. The van der Waals surface area contributed by atoms with Crippen LogP contribution in [0.2, 0.25) is 5.15 Å². The lowest BCUT2D eigenvalue weighted by Crippen LogP contribution is -2.36. The Morgan fingerprint density at radius 1 is 1.38 bits per heavy atom. The maximum atomic E-state index is 12.8. The Hall–Kier alpha value is -2.53. The minimum absolute atomic E-state index is 0.0870. The van der Waals surface area contributed by atoms with E-state index in [9.17, 15) is 4.79 Å². The number of benzene rings is 1. The van der Waals surface area contributed by atoms with E-state index in [1.54, 1.807) is 25.4 Å². The quantitative estimate of drug-likeness (QED) is 0.726. The second kappa shape index (κ2) is 5.83. The van der Waals surface area contributed by atoms with Crippen LogP contribution in [0.4, 0.5) is 0 Å². The van der Waals surface area contributed by atoms with E-state index >= 15 is 0 Å². The molecule has 0 saturated heterocycles. The molecule has 24 heavy (non-hydrogen) atoms. The van der Waals surface area contributed by atoms with Crippen LogP contribution in [0.25, 0.3) is 10.9 Å². The van der Waals surface area contributed by atoms with Crippen molar-refractivity contribution in [1.82, 2.24) is 14.9 Å². The van der Waals surface area contributed by atoms with Gasteiger partial charge in [0.05, 0.1) is 12.7 Å². The lowest BCUT2D eigenvalue weighted by molar-refractivity contribution is 0.0735. The van der Waals surface area contributed by atoms with E-state index < -0.39 is 0 Å². The number of H-pyrrole nitrogens is 1. The van der Waals surface area contributed by atoms with Crippen molar-refractivity contribution in [2.75, 3.05) is 13.7 Å². The van der Waals surface area contributed by atoms with Crippen LogP contribution in [0, 0.1) is 0 Å². The van der Waals surface area contributed by atoms with E-state index in [-0.39, 0.29) is 11.1 Å². The number of nitrogens with zero attached hydrogens (tertiary/aromatic N) is 2. The number of amides is 1. The summed E-state index contributed by atoms with van der Waals surface area (Å²) in [6.45, 7) is 1.20. The molecule has 3 aromatic rings. The van der Waals surface area contributed by atoms with Gasteiger partial charge in [-0.15, -0.1) is 0 Å². The first kappa shape index (κ1) is 15.0. The first-order valence-corrected chi connectivity index (χ1v) is 8.12. The number of carbonyl (C=O) groups is 1. The van der Waals surface area contributed by atoms with Gasteiger partial charge < -0.3 is 14.6 Å². The number of methoxy groups -OCH3 is 1. The van der Waals surface area contributed by atoms with Gasteiger partial charge in [-0.25, -0.2) is 4.98 Å². The van der Waals surface area contributed by atoms with Crippen molar-refractivity contribution in [3.05, 3.63) is 58.5 Å². The van der Waals surface area contributed by atoms with Gasteiger partial charge in [-0.3, -0.25) is 4.79 Å². The largest absolute Gasteiger partial charge is 0.497 e. The molecule has 5 nitrogen and oxygen atoms in total. The van der Waals surface area contributed by atoms with Crippen molar-refractivity contribution >= 4 is 28.4 Å². The van der Waals surface area contributed by atoms with E-state index in [2.05, 4.69) is 9.97 Å². The Morgan fingerprint density at radius 3 is 3.04 bits per heavy atom. The number of hydrogen-bond donors (Lipinski definition) is 1. The highest BCUT2D eigenvalue weighted by atomic mass is 35.5. The summed E-state index contributed by atoms with van der Waals surface area (Å²) in [6, 6.07) is 9.39. The molecule has 0 unspecified atom stereocenters. The highest BCUT2D eigenvalue weighted by Gasteiger charge is 2.26. The lowest BCUT2D eigenvalue weighted by Gasteiger charge is -2.27. The number of nitrogens with one attached hydrogen (secondary N) is 1. The van der Waals surface area contributed by atoms with Gasteiger partial charge in [-0.05, 0) is 30.3 Å². The van der Waals surface area contributed by atoms with Gasteiger partial charge in [-0.2, -0.15) is 0 Å². The average molecular weight is 342 g/mol. The molecule has 2 aromatic heterocycles. The summed E-state index contributed by atoms with van der Waals surface area (Å²) < 4.78 is 5.32. The number of aromatic amines is 1. The van der Waals surface area contributed by atoms with E-state index in [1.165, 1.54) is 5.69 Å². The number of aromatic nitrogens is 2. The second-order valence-electron chi connectivity index (χ2n) is 5.81. The molecule has 3 heterocycles. The zero-order chi connectivity index (χ0) is 16.7. The summed E-state index contributed by atoms with van der Waals surface area (Å²) >= 11 is 6.07. The van der Waals surface area contributed by atoms with Gasteiger partial charge in [0, 0.05) is 47.9 Å². The predicted octanol–water partition coefficient (Wildman–Crippen LogP) is 3.42. The molecule has 0 radical (unpaired) electrons. The number of ether oxygens (including phenoxy) is 1. The summed E-state index contributed by atoms with van der Waals surface area (Å²) in [7, 11) is 1.65. The Bertz CT molecular complexity index is 935. The van der Waals surface area contributed by atoms with Crippen LogP contribution in [-0.2, 0) is 13.0 Å². The Labute approximate surface area is 144 Å². The van der Waals surface area contributed by atoms with Gasteiger partial charge in [0.15, 0.2) is 0 Å². The molecule has 1 N–H and O–H groups in total. The molecule has 1 amide bonds. The highest BCUT2D eigenvalue weighted by molar-refractivity contribution is 6.32. The third kappa shape index (κ3) is 2.41. The lowest BCUT2D eigenvalue weighted by atomic mass is 10.0. The zero-order valence-electron chi connectivity index (χ0n) is 13.2. The molecule has 0 aliphatic carbocycles. The van der Waals surface area contributed by atoms with E-state index in [4.69, 9.17) is 16.3 Å². The van der Waals surface area contributed by atoms with Crippen LogP contribution < -0.4 is 4.74 Å². The number of hydrogen-bond acceptors (Lipinski definition) is 3. The number of rotatable bonds is 2. The van der Waals surface area contributed by atoms with Crippen molar-refractivity contribution in [3.63, 3.8) is 0 Å². The molecule has 0 saturated carbocycles. The summed E-state index contributed by atoms with van der Waals surface area (Å²) in [4.78, 5) is 22.0. The van der Waals surface area contributed by atoms with Crippen LogP contribution in [0.15, 0.2) is 36.5 Å². The summed E-state index contributed by atoms with van der Waals surface area (Å²) in [5.41, 5.74) is 3.83. The van der Waals surface area contributed by atoms with Crippen molar-refractivity contribution in [3.8, 4) is 5.75 Å². The molecule has 6 heteroatoms. The van der Waals surface area contributed by atoms with Gasteiger partial charge in [0.1, 0.15) is 10.9 Å². The van der Waals surface area contributed by atoms with Gasteiger partial charge in [0.25, 0.3) is 5.91 Å². The third-order valence-electron chi connectivity index (χ3n) is 4.46. The predicted molar refractivity (Wildman–Crippen MR) is 92.5 cm³/mol. The topological polar surface area (TPSA) is 58.2 Å². The summed E-state index contributed by atoms with van der Waals surface area (Å²) in [5, 5.41) is 1.34. The maximum Gasteiger partial charge on any atom is 0.257 e. The Kier molecular flexibility index (Phi) is 3.65. The van der Waals surface area contributed by atoms with Crippen LogP contribution in [-0.4, -0.2) is 34.4 Å². The van der Waals surface area contributed by atoms with Crippen molar-refractivity contribution in [1.29, 1.82) is 0 Å². The summed E-state index contributed by atoms with van der Waals surface area (Å²) in [5.74, 6) is 0.721.